The highest BCUT2D eigenvalue weighted by molar-refractivity contribution is 7.89. The van der Waals surface area contributed by atoms with Gasteiger partial charge in [-0.3, -0.25) is 4.79 Å². The molecule has 0 bridgehead atoms. The molecule has 0 unspecified atom stereocenters. The van der Waals surface area contributed by atoms with Crippen LogP contribution in [0.15, 0.2) is 47.4 Å². The minimum absolute atomic E-state index is 0.107. The lowest BCUT2D eigenvalue weighted by Gasteiger charge is -2.26. The molecule has 1 fully saturated rings. The molecule has 174 valence electrons. The highest BCUT2D eigenvalue weighted by atomic mass is 32.2. The topological polar surface area (TPSA) is 84.9 Å². The molecule has 2 aromatic rings. The molecule has 1 saturated heterocycles. The number of nitrogens with zero attached hydrogens (tertiary/aromatic N) is 1. The van der Waals surface area contributed by atoms with E-state index < -0.39 is 21.7 Å². The maximum atomic E-state index is 14.3. The predicted octanol–water partition coefficient (Wildman–Crippen LogP) is 3.00. The van der Waals surface area contributed by atoms with Crippen molar-refractivity contribution >= 4 is 15.9 Å². The number of nitrogens with one attached hydrogen (secondary N) is 1. The molecule has 0 radical (unpaired) electrons. The summed E-state index contributed by atoms with van der Waals surface area (Å²) < 4.78 is 51.9. The van der Waals surface area contributed by atoms with Crippen LogP contribution >= 0.6 is 0 Å². The Morgan fingerprint density at radius 3 is 2.56 bits per heavy atom. The van der Waals surface area contributed by atoms with E-state index in [1.54, 1.807) is 0 Å². The second-order valence-electron chi connectivity index (χ2n) is 7.51. The van der Waals surface area contributed by atoms with E-state index >= 15 is 0 Å². The molecule has 9 heteroatoms. The van der Waals surface area contributed by atoms with Gasteiger partial charge in [0, 0.05) is 19.6 Å². The Morgan fingerprint density at radius 1 is 1.16 bits per heavy atom. The molecule has 1 heterocycles. The molecule has 1 aliphatic heterocycles. The Balaban J connectivity index is 1.58. The SMILES string of the molecule is CCCCOc1ccc(CCNC(=O)c2cc(S(=O)(=O)N3CCOCC3)ccc2F)cc1. The van der Waals surface area contributed by atoms with E-state index in [1.165, 1.54) is 10.4 Å². The van der Waals surface area contributed by atoms with Crippen LogP contribution in [-0.2, 0) is 21.2 Å². The van der Waals surface area contributed by atoms with E-state index in [-0.39, 0.29) is 30.1 Å². The number of ether oxygens (including phenoxy) is 2. The highest BCUT2D eigenvalue weighted by Crippen LogP contribution is 2.20. The van der Waals surface area contributed by atoms with Crippen molar-refractivity contribution in [3.05, 3.63) is 59.4 Å². The first-order valence-electron chi connectivity index (χ1n) is 10.8. The first kappa shape index (κ1) is 24.2. The van der Waals surface area contributed by atoms with Gasteiger partial charge in [-0.1, -0.05) is 25.5 Å². The van der Waals surface area contributed by atoms with Crippen molar-refractivity contribution in [1.82, 2.24) is 9.62 Å². The first-order chi connectivity index (χ1) is 15.4. The van der Waals surface area contributed by atoms with Crippen molar-refractivity contribution in [2.75, 3.05) is 39.5 Å². The van der Waals surface area contributed by atoms with Crippen molar-refractivity contribution < 1.29 is 27.1 Å². The summed E-state index contributed by atoms with van der Waals surface area (Å²) in [5, 5.41) is 2.66. The minimum atomic E-state index is -3.82. The molecule has 1 aliphatic rings. The van der Waals surface area contributed by atoms with Crippen LogP contribution in [0.4, 0.5) is 4.39 Å². The fourth-order valence-electron chi connectivity index (χ4n) is 3.28. The number of carbonyl (C=O) groups excluding carboxylic acids is 1. The van der Waals surface area contributed by atoms with Crippen molar-refractivity contribution in [3.8, 4) is 5.75 Å². The molecule has 7 nitrogen and oxygen atoms in total. The summed E-state index contributed by atoms with van der Waals surface area (Å²) in [6.45, 7) is 4.13. The smallest absolute Gasteiger partial charge is 0.254 e. The third-order valence-corrected chi connectivity index (χ3v) is 7.07. The van der Waals surface area contributed by atoms with Gasteiger partial charge in [0.1, 0.15) is 11.6 Å². The maximum Gasteiger partial charge on any atom is 0.254 e. The normalized spacial score (nSPS) is 14.8. The van der Waals surface area contributed by atoms with E-state index in [0.717, 1.165) is 36.3 Å². The van der Waals surface area contributed by atoms with Crippen LogP contribution < -0.4 is 10.1 Å². The number of morpholine rings is 1. The number of rotatable bonds is 10. The molecular formula is C23H29FN2O5S. The first-order valence-corrected chi connectivity index (χ1v) is 12.2. The zero-order valence-electron chi connectivity index (χ0n) is 18.2. The number of amides is 1. The number of carbonyl (C=O) groups is 1. The van der Waals surface area contributed by atoms with Crippen molar-refractivity contribution in [2.45, 2.75) is 31.1 Å². The number of hydrogen-bond donors (Lipinski definition) is 1. The summed E-state index contributed by atoms with van der Waals surface area (Å²) in [5.74, 6) is -0.621. The molecule has 3 rings (SSSR count). The lowest BCUT2D eigenvalue weighted by atomic mass is 10.1. The third kappa shape index (κ3) is 6.27. The fraction of sp³-hybridized carbons (Fsp3) is 0.435. The van der Waals surface area contributed by atoms with Crippen LogP contribution in [0.25, 0.3) is 0 Å². The Hall–Kier alpha value is -2.49. The number of sulfonamides is 1. The second kappa shape index (κ2) is 11.4. The molecule has 1 amide bonds. The van der Waals surface area contributed by atoms with Crippen LogP contribution in [-0.4, -0.2) is 58.1 Å². The maximum absolute atomic E-state index is 14.3. The number of halogens is 1. The molecule has 32 heavy (non-hydrogen) atoms. The van der Waals surface area contributed by atoms with Gasteiger partial charge in [0.25, 0.3) is 5.91 Å². The summed E-state index contributed by atoms with van der Waals surface area (Å²) in [6, 6.07) is 10.9. The molecule has 0 aliphatic carbocycles. The molecule has 0 atom stereocenters. The summed E-state index contributed by atoms with van der Waals surface area (Å²) in [5.41, 5.74) is 0.705. The van der Waals surface area contributed by atoms with Crippen molar-refractivity contribution in [2.24, 2.45) is 0 Å². The van der Waals surface area contributed by atoms with Crippen LogP contribution in [0.2, 0.25) is 0 Å². The largest absolute Gasteiger partial charge is 0.494 e. The molecule has 0 aromatic heterocycles. The molecular weight excluding hydrogens is 435 g/mol. The van der Waals surface area contributed by atoms with Crippen LogP contribution in [0.5, 0.6) is 5.75 Å². The van der Waals surface area contributed by atoms with E-state index in [1.807, 2.05) is 24.3 Å². The number of hydrogen-bond acceptors (Lipinski definition) is 5. The molecule has 1 N–H and O–H groups in total. The van der Waals surface area contributed by atoms with Gasteiger partial charge >= 0.3 is 0 Å². The van der Waals surface area contributed by atoms with Gasteiger partial charge in [-0.15, -0.1) is 0 Å². The molecule has 0 saturated carbocycles. The molecule has 0 spiro atoms. The van der Waals surface area contributed by atoms with Crippen LogP contribution in [0.3, 0.4) is 0 Å². The van der Waals surface area contributed by atoms with E-state index in [4.69, 9.17) is 9.47 Å². The van der Waals surface area contributed by atoms with Crippen LogP contribution in [0.1, 0.15) is 35.7 Å². The molecule has 2 aromatic carbocycles. The van der Waals surface area contributed by atoms with E-state index in [0.29, 0.717) is 26.2 Å². The van der Waals surface area contributed by atoms with E-state index in [9.17, 15) is 17.6 Å². The van der Waals surface area contributed by atoms with Gasteiger partial charge in [-0.05, 0) is 48.7 Å². The fourth-order valence-corrected chi connectivity index (χ4v) is 4.71. The Morgan fingerprint density at radius 2 is 1.88 bits per heavy atom. The van der Waals surface area contributed by atoms with Gasteiger partial charge in [0.05, 0.1) is 30.3 Å². The van der Waals surface area contributed by atoms with Gasteiger partial charge in [0.15, 0.2) is 0 Å². The zero-order valence-corrected chi connectivity index (χ0v) is 19.0. The van der Waals surface area contributed by atoms with Crippen LogP contribution in [0, 0.1) is 5.82 Å². The van der Waals surface area contributed by atoms with Gasteiger partial charge in [-0.25, -0.2) is 12.8 Å². The predicted molar refractivity (Wildman–Crippen MR) is 119 cm³/mol. The number of unbranched alkanes of at least 4 members (excludes halogenated alkanes) is 1. The number of benzene rings is 2. The summed E-state index contributed by atoms with van der Waals surface area (Å²) in [4.78, 5) is 12.4. The van der Waals surface area contributed by atoms with E-state index in [2.05, 4.69) is 12.2 Å². The van der Waals surface area contributed by atoms with Gasteiger partial charge in [-0.2, -0.15) is 4.31 Å². The third-order valence-electron chi connectivity index (χ3n) is 5.18. The monoisotopic (exact) mass is 464 g/mol. The summed E-state index contributed by atoms with van der Waals surface area (Å²) in [7, 11) is -3.82. The quantitative estimate of drug-likeness (QED) is 0.547. The van der Waals surface area contributed by atoms with Gasteiger partial charge in [0.2, 0.25) is 10.0 Å². The average molecular weight is 465 g/mol. The summed E-state index contributed by atoms with van der Waals surface area (Å²) >= 11 is 0. The second-order valence-corrected chi connectivity index (χ2v) is 9.45. The Bertz CT molecular complexity index is 1010. The Kier molecular flexibility index (Phi) is 8.60. The average Bonchev–Trinajstić information content (AvgIpc) is 2.81. The standard InChI is InChI=1S/C23H29FN2O5S/c1-2-3-14-31-19-6-4-18(5-7-19)10-11-25-23(27)21-17-20(8-9-22(21)24)32(28,29)26-12-15-30-16-13-26/h4-9,17H,2-3,10-16H2,1H3,(H,25,27). The highest BCUT2D eigenvalue weighted by Gasteiger charge is 2.27. The van der Waals surface area contributed by atoms with Crippen molar-refractivity contribution in [1.29, 1.82) is 0 Å². The minimum Gasteiger partial charge on any atom is -0.494 e. The summed E-state index contributed by atoms with van der Waals surface area (Å²) in [6.07, 6.45) is 2.62. The lowest BCUT2D eigenvalue weighted by Crippen LogP contribution is -2.40. The zero-order chi connectivity index (χ0) is 23.0. The Labute approximate surface area is 188 Å². The lowest BCUT2D eigenvalue weighted by molar-refractivity contribution is 0.0730. The van der Waals surface area contributed by atoms with Crippen molar-refractivity contribution in [3.63, 3.8) is 0 Å². The van der Waals surface area contributed by atoms with Gasteiger partial charge < -0.3 is 14.8 Å².